The van der Waals surface area contributed by atoms with Crippen molar-refractivity contribution in [3.05, 3.63) is 59.7 Å². The molecule has 6 nitrogen and oxygen atoms in total. The number of hydrogen-bond acceptors (Lipinski definition) is 4. The molecule has 0 aromatic heterocycles. The molecule has 3 rings (SSSR count). The zero-order valence-corrected chi connectivity index (χ0v) is 18.6. The van der Waals surface area contributed by atoms with Crippen molar-refractivity contribution in [1.82, 2.24) is 4.90 Å². The summed E-state index contributed by atoms with van der Waals surface area (Å²) in [6, 6.07) is 14.9. The van der Waals surface area contributed by atoms with Gasteiger partial charge in [0.05, 0.1) is 13.2 Å². The van der Waals surface area contributed by atoms with Crippen molar-refractivity contribution in [2.75, 3.05) is 31.6 Å². The summed E-state index contributed by atoms with van der Waals surface area (Å²) in [6.07, 6.45) is 0.951. The lowest BCUT2D eigenvalue weighted by Gasteiger charge is -2.27. The van der Waals surface area contributed by atoms with Crippen LogP contribution in [0.1, 0.15) is 55.5 Å². The predicted octanol–water partition coefficient (Wildman–Crippen LogP) is 4.47. The minimum absolute atomic E-state index is 0.0161. The summed E-state index contributed by atoms with van der Waals surface area (Å²) in [5, 5.41) is 2.91. The normalized spacial score (nSPS) is 15.8. The SMILES string of the molecule is CCC(Oc1ccccc1C(C)CC)C(=O)Nc1ccc(C(=O)N2CCOCC2)cc1. The minimum atomic E-state index is -0.597. The van der Waals surface area contributed by atoms with Crippen LogP contribution in [0.15, 0.2) is 48.5 Å². The van der Waals surface area contributed by atoms with Crippen molar-refractivity contribution in [1.29, 1.82) is 0 Å². The van der Waals surface area contributed by atoms with Crippen LogP contribution in [0.3, 0.4) is 0 Å². The molecular formula is C25H32N2O4. The van der Waals surface area contributed by atoms with Gasteiger partial charge in [0.25, 0.3) is 11.8 Å². The second kappa shape index (κ2) is 11.0. The Bertz CT molecular complexity index is 875. The molecule has 1 saturated heterocycles. The van der Waals surface area contributed by atoms with E-state index in [2.05, 4.69) is 25.2 Å². The fraction of sp³-hybridized carbons (Fsp3) is 0.440. The fourth-order valence-corrected chi connectivity index (χ4v) is 3.56. The van der Waals surface area contributed by atoms with E-state index in [1.54, 1.807) is 29.2 Å². The number of amides is 2. The first-order chi connectivity index (χ1) is 15.0. The van der Waals surface area contributed by atoms with Gasteiger partial charge in [-0.15, -0.1) is 0 Å². The number of carbonyl (C=O) groups is 2. The van der Waals surface area contributed by atoms with Crippen LogP contribution < -0.4 is 10.1 Å². The predicted molar refractivity (Wildman–Crippen MR) is 122 cm³/mol. The Hall–Kier alpha value is -2.86. The molecule has 1 N–H and O–H groups in total. The minimum Gasteiger partial charge on any atom is -0.480 e. The van der Waals surface area contributed by atoms with Gasteiger partial charge in [0, 0.05) is 24.3 Å². The van der Waals surface area contributed by atoms with Gasteiger partial charge in [-0.2, -0.15) is 0 Å². The van der Waals surface area contributed by atoms with Crippen molar-refractivity contribution >= 4 is 17.5 Å². The largest absolute Gasteiger partial charge is 0.480 e. The number of carbonyl (C=O) groups excluding carboxylic acids is 2. The monoisotopic (exact) mass is 424 g/mol. The van der Waals surface area contributed by atoms with E-state index in [0.29, 0.717) is 49.9 Å². The summed E-state index contributed by atoms with van der Waals surface area (Å²) >= 11 is 0. The van der Waals surface area contributed by atoms with Crippen LogP contribution in [0, 0.1) is 0 Å². The maximum atomic E-state index is 12.8. The number of morpholine rings is 1. The van der Waals surface area contributed by atoms with Gasteiger partial charge in [-0.3, -0.25) is 9.59 Å². The summed E-state index contributed by atoms with van der Waals surface area (Å²) < 4.78 is 11.4. The highest BCUT2D eigenvalue weighted by molar-refractivity contribution is 5.97. The van der Waals surface area contributed by atoms with Crippen molar-refractivity contribution in [3.63, 3.8) is 0 Å². The molecule has 2 unspecified atom stereocenters. The molecule has 166 valence electrons. The second-order valence-corrected chi connectivity index (χ2v) is 7.83. The van der Waals surface area contributed by atoms with Gasteiger partial charge in [-0.1, -0.05) is 39.0 Å². The molecule has 1 fully saturated rings. The molecule has 1 aliphatic heterocycles. The smallest absolute Gasteiger partial charge is 0.265 e. The van der Waals surface area contributed by atoms with E-state index in [0.717, 1.165) is 17.7 Å². The van der Waals surface area contributed by atoms with E-state index in [4.69, 9.17) is 9.47 Å². The van der Waals surface area contributed by atoms with E-state index >= 15 is 0 Å². The molecule has 1 aliphatic rings. The third-order valence-corrected chi connectivity index (χ3v) is 5.69. The third kappa shape index (κ3) is 5.85. The molecule has 31 heavy (non-hydrogen) atoms. The van der Waals surface area contributed by atoms with Gasteiger partial charge in [0.15, 0.2) is 6.10 Å². The number of para-hydroxylation sites is 1. The van der Waals surface area contributed by atoms with E-state index in [-0.39, 0.29) is 11.8 Å². The van der Waals surface area contributed by atoms with E-state index in [1.807, 2.05) is 25.1 Å². The van der Waals surface area contributed by atoms with Crippen molar-refractivity contribution in [2.45, 2.75) is 45.6 Å². The van der Waals surface area contributed by atoms with Gasteiger partial charge < -0.3 is 19.7 Å². The highest BCUT2D eigenvalue weighted by Gasteiger charge is 2.22. The van der Waals surface area contributed by atoms with Crippen LogP contribution in [-0.2, 0) is 9.53 Å². The molecule has 0 radical (unpaired) electrons. The summed E-state index contributed by atoms with van der Waals surface area (Å²) in [6.45, 7) is 8.56. The standard InChI is InChI=1S/C25H32N2O4/c1-4-18(3)21-8-6-7-9-23(21)31-22(5-2)24(28)26-20-12-10-19(11-13-20)25(29)27-14-16-30-17-15-27/h6-13,18,22H,4-5,14-17H2,1-3H3,(H,26,28). The lowest BCUT2D eigenvalue weighted by Crippen LogP contribution is -2.40. The topological polar surface area (TPSA) is 67.9 Å². The van der Waals surface area contributed by atoms with Crippen molar-refractivity contribution < 1.29 is 19.1 Å². The quantitative estimate of drug-likeness (QED) is 0.679. The number of nitrogens with one attached hydrogen (secondary N) is 1. The Morgan fingerprint density at radius 1 is 1.03 bits per heavy atom. The Labute approximate surface area is 184 Å². The van der Waals surface area contributed by atoms with Crippen LogP contribution >= 0.6 is 0 Å². The average molecular weight is 425 g/mol. The Balaban J connectivity index is 1.64. The number of anilines is 1. The molecule has 0 saturated carbocycles. The van der Waals surface area contributed by atoms with Crippen LogP contribution in [0.5, 0.6) is 5.75 Å². The van der Waals surface area contributed by atoms with Crippen LogP contribution in [0.4, 0.5) is 5.69 Å². The zero-order valence-electron chi connectivity index (χ0n) is 18.6. The van der Waals surface area contributed by atoms with E-state index in [9.17, 15) is 9.59 Å². The molecule has 0 aliphatic carbocycles. The van der Waals surface area contributed by atoms with Gasteiger partial charge in [0.1, 0.15) is 5.75 Å². The first kappa shape index (κ1) is 22.8. The van der Waals surface area contributed by atoms with E-state index in [1.165, 1.54) is 0 Å². The summed E-state index contributed by atoms with van der Waals surface area (Å²) in [5.74, 6) is 0.893. The van der Waals surface area contributed by atoms with Crippen molar-refractivity contribution in [2.24, 2.45) is 0 Å². The second-order valence-electron chi connectivity index (χ2n) is 7.83. The van der Waals surface area contributed by atoms with Gasteiger partial charge in [-0.25, -0.2) is 0 Å². The van der Waals surface area contributed by atoms with Gasteiger partial charge in [0.2, 0.25) is 0 Å². The number of hydrogen-bond donors (Lipinski definition) is 1. The molecule has 2 aromatic rings. The lowest BCUT2D eigenvalue weighted by atomic mass is 9.98. The highest BCUT2D eigenvalue weighted by Crippen LogP contribution is 2.29. The number of benzene rings is 2. The molecular weight excluding hydrogens is 392 g/mol. The molecule has 1 heterocycles. The molecule has 6 heteroatoms. The molecule has 2 atom stereocenters. The maximum Gasteiger partial charge on any atom is 0.265 e. The van der Waals surface area contributed by atoms with Gasteiger partial charge >= 0.3 is 0 Å². The van der Waals surface area contributed by atoms with Crippen LogP contribution in [0.2, 0.25) is 0 Å². The lowest BCUT2D eigenvalue weighted by molar-refractivity contribution is -0.122. The third-order valence-electron chi connectivity index (χ3n) is 5.69. The Kier molecular flexibility index (Phi) is 8.06. The number of nitrogens with zero attached hydrogens (tertiary/aromatic N) is 1. The molecule has 0 spiro atoms. The van der Waals surface area contributed by atoms with Crippen LogP contribution in [0.25, 0.3) is 0 Å². The zero-order chi connectivity index (χ0) is 22.2. The summed E-state index contributed by atoms with van der Waals surface area (Å²) in [4.78, 5) is 27.2. The summed E-state index contributed by atoms with van der Waals surface area (Å²) in [7, 11) is 0. The Morgan fingerprint density at radius 3 is 2.35 bits per heavy atom. The average Bonchev–Trinajstić information content (AvgIpc) is 2.82. The number of rotatable bonds is 8. The molecule has 0 bridgehead atoms. The Morgan fingerprint density at radius 2 is 1.71 bits per heavy atom. The molecule has 2 aromatic carbocycles. The first-order valence-corrected chi connectivity index (χ1v) is 11.1. The number of ether oxygens (including phenoxy) is 2. The van der Waals surface area contributed by atoms with Gasteiger partial charge in [-0.05, 0) is 54.7 Å². The first-order valence-electron chi connectivity index (χ1n) is 11.1. The molecule has 2 amide bonds. The van der Waals surface area contributed by atoms with E-state index < -0.39 is 6.10 Å². The van der Waals surface area contributed by atoms with Crippen molar-refractivity contribution in [3.8, 4) is 5.75 Å². The fourth-order valence-electron chi connectivity index (χ4n) is 3.56. The highest BCUT2D eigenvalue weighted by atomic mass is 16.5. The summed E-state index contributed by atoms with van der Waals surface area (Å²) in [5.41, 5.74) is 2.36. The maximum absolute atomic E-state index is 12.8. The van der Waals surface area contributed by atoms with Crippen LogP contribution in [-0.4, -0.2) is 49.1 Å².